The molecule has 0 saturated heterocycles. The fraction of sp³-hybridized carbons (Fsp3) is 0.360. The minimum Gasteiger partial charge on any atom is -0.423 e. The van der Waals surface area contributed by atoms with Crippen LogP contribution in [0.3, 0.4) is 0 Å². The van der Waals surface area contributed by atoms with Gasteiger partial charge in [0.1, 0.15) is 5.75 Å². The lowest BCUT2D eigenvalue weighted by atomic mass is 9.55. The topological polar surface area (TPSA) is 58.9 Å². The molecule has 1 saturated carbocycles. The molecule has 0 amide bonds. The molecule has 4 atom stereocenters. The fourth-order valence-electron chi connectivity index (χ4n) is 5.37. The second kappa shape index (κ2) is 7.86. The summed E-state index contributed by atoms with van der Waals surface area (Å²) in [6.07, 6.45) is 7.74. The van der Waals surface area contributed by atoms with Crippen molar-refractivity contribution in [1.82, 2.24) is 0 Å². The lowest BCUT2D eigenvalue weighted by Gasteiger charge is -2.49. The number of fused-ring (bicyclic) bond motifs is 3. The minimum absolute atomic E-state index is 0.152. The number of hydrogen-bond acceptors (Lipinski definition) is 4. The van der Waals surface area contributed by atoms with Crippen molar-refractivity contribution in [3.05, 3.63) is 77.9 Å². The molecule has 0 aliphatic heterocycles. The molecule has 4 nitrogen and oxygen atoms in total. The first-order chi connectivity index (χ1) is 14.1. The predicted molar refractivity (Wildman–Crippen MR) is 114 cm³/mol. The van der Waals surface area contributed by atoms with Crippen molar-refractivity contribution in [2.75, 3.05) is 0 Å². The van der Waals surface area contributed by atoms with Crippen LogP contribution in [0.1, 0.15) is 53.6 Å². The summed E-state index contributed by atoms with van der Waals surface area (Å²) >= 11 is 0. The van der Waals surface area contributed by atoms with Crippen LogP contribution in [-0.2, 0) is 6.42 Å². The van der Waals surface area contributed by atoms with Gasteiger partial charge in [0.15, 0.2) is 0 Å². The Morgan fingerprint density at radius 3 is 2.76 bits per heavy atom. The molecule has 0 aromatic heterocycles. The van der Waals surface area contributed by atoms with E-state index < -0.39 is 0 Å². The molecule has 4 rings (SSSR count). The Morgan fingerprint density at radius 1 is 1.24 bits per heavy atom. The maximum Gasteiger partial charge on any atom is 0.343 e. The maximum atomic E-state index is 12.4. The van der Waals surface area contributed by atoms with Crippen LogP contribution in [0, 0.1) is 17.3 Å². The van der Waals surface area contributed by atoms with Gasteiger partial charge in [-0.3, -0.25) is 0 Å². The third-order valence-corrected chi connectivity index (χ3v) is 6.82. The number of ether oxygens (including phenoxy) is 1. The van der Waals surface area contributed by atoms with Gasteiger partial charge >= 0.3 is 5.97 Å². The number of esters is 1. The van der Waals surface area contributed by atoms with Crippen LogP contribution in [0.25, 0.3) is 0 Å². The zero-order valence-electron chi connectivity index (χ0n) is 16.8. The van der Waals surface area contributed by atoms with Gasteiger partial charge in [-0.25, -0.2) is 4.79 Å². The standard InChI is InChI=1S/C25H27NO3/c1-3-23-22-11-9-18-15-19(29-24(27)17-7-5-4-6-8-17)10-12-20(18)21(22)13-14-25(23,2)16-26-28/h3-8,10,12,15-16,21-23,28H,1,9,11,13-14H2,2H3/b26-16+/t21-,22-,23+,25-/m1/s1. The zero-order chi connectivity index (χ0) is 20.4. The van der Waals surface area contributed by atoms with Crippen LogP contribution in [0.5, 0.6) is 5.75 Å². The second-order valence-corrected chi connectivity index (χ2v) is 8.48. The number of aryl methyl sites for hydroxylation is 1. The molecule has 0 spiro atoms. The molecular formula is C25H27NO3. The van der Waals surface area contributed by atoms with Crippen LogP contribution >= 0.6 is 0 Å². The second-order valence-electron chi connectivity index (χ2n) is 8.48. The van der Waals surface area contributed by atoms with E-state index in [1.807, 2.05) is 36.4 Å². The molecule has 29 heavy (non-hydrogen) atoms. The lowest BCUT2D eigenvalue weighted by Crippen LogP contribution is -2.42. The molecule has 150 valence electrons. The average Bonchev–Trinajstić information content (AvgIpc) is 2.74. The Kier molecular flexibility index (Phi) is 5.27. The molecule has 4 heteroatoms. The van der Waals surface area contributed by atoms with Crippen LogP contribution < -0.4 is 4.74 Å². The van der Waals surface area contributed by atoms with Gasteiger partial charge in [0.05, 0.1) is 11.8 Å². The number of rotatable bonds is 4. The van der Waals surface area contributed by atoms with Gasteiger partial charge in [0.25, 0.3) is 0 Å². The van der Waals surface area contributed by atoms with Crippen molar-refractivity contribution in [3.8, 4) is 5.75 Å². The van der Waals surface area contributed by atoms with Crippen molar-refractivity contribution < 1.29 is 14.7 Å². The predicted octanol–water partition coefficient (Wildman–Crippen LogP) is 5.61. The number of nitrogens with zero attached hydrogens (tertiary/aromatic N) is 1. The molecule has 2 aromatic carbocycles. The lowest BCUT2D eigenvalue weighted by molar-refractivity contribution is 0.0734. The Bertz CT molecular complexity index is 936. The third-order valence-electron chi connectivity index (χ3n) is 6.82. The summed E-state index contributed by atoms with van der Waals surface area (Å²) in [6.45, 7) is 6.25. The number of benzene rings is 2. The summed E-state index contributed by atoms with van der Waals surface area (Å²) in [5.41, 5.74) is 3.03. The first-order valence-electron chi connectivity index (χ1n) is 10.3. The van der Waals surface area contributed by atoms with E-state index in [2.05, 4.69) is 24.7 Å². The van der Waals surface area contributed by atoms with Crippen molar-refractivity contribution in [3.63, 3.8) is 0 Å². The van der Waals surface area contributed by atoms with E-state index in [0.717, 1.165) is 25.7 Å². The molecule has 0 radical (unpaired) electrons. The summed E-state index contributed by atoms with van der Waals surface area (Å²) < 4.78 is 5.61. The molecular weight excluding hydrogens is 362 g/mol. The molecule has 2 aliphatic carbocycles. The first-order valence-corrected chi connectivity index (χ1v) is 10.3. The van der Waals surface area contributed by atoms with E-state index >= 15 is 0 Å². The Balaban J connectivity index is 1.56. The molecule has 0 bridgehead atoms. The van der Waals surface area contributed by atoms with Gasteiger partial charge in [-0.2, -0.15) is 0 Å². The van der Waals surface area contributed by atoms with Gasteiger partial charge < -0.3 is 9.94 Å². The summed E-state index contributed by atoms with van der Waals surface area (Å²) in [5.74, 6) is 1.49. The van der Waals surface area contributed by atoms with Crippen molar-refractivity contribution >= 4 is 12.2 Å². The first kappa shape index (κ1) is 19.4. The number of hydrogen-bond donors (Lipinski definition) is 1. The molecule has 0 heterocycles. The average molecular weight is 389 g/mol. The quantitative estimate of drug-likeness (QED) is 0.185. The largest absolute Gasteiger partial charge is 0.423 e. The number of carbonyl (C=O) groups excluding carboxylic acids is 1. The van der Waals surface area contributed by atoms with Crippen LogP contribution in [0.15, 0.2) is 66.3 Å². The van der Waals surface area contributed by atoms with Crippen LogP contribution in [0.2, 0.25) is 0 Å². The van der Waals surface area contributed by atoms with Gasteiger partial charge in [0.2, 0.25) is 0 Å². The van der Waals surface area contributed by atoms with Crippen molar-refractivity contribution in [1.29, 1.82) is 0 Å². The van der Waals surface area contributed by atoms with Crippen LogP contribution in [0.4, 0.5) is 0 Å². The maximum absolute atomic E-state index is 12.4. The molecule has 2 aliphatic rings. The summed E-state index contributed by atoms with van der Waals surface area (Å²) in [5, 5.41) is 12.5. The van der Waals surface area contributed by atoms with E-state index in [1.165, 1.54) is 11.1 Å². The SMILES string of the molecule is C=C[C@H]1[C@@H]2CCc3cc(OC(=O)c4ccccc4)ccc3[C@H]2CC[C@]1(C)/C=N/O. The molecule has 1 fully saturated rings. The Labute approximate surface area is 171 Å². The molecule has 1 N–H and O–H groups in total. The van der Waals surface area contributed by atoms with Gasteiger partial charge in [-0.05, 0) is 78.8 Å². The van der Waals surface area contributed by atoms with Crippen LogP contribution in [-0.4, -0.2) is 17.4 Å². The van der Waals surface area contributed by atoms with E-state index in [0.29, 0.717) is 23.1 Å². The number of carbonyl (C=O) groups is 1. The van der Waals surface area contributed by atoms with Crippen molar-refractivity contribution in [2.24, 2.45) is 22.4 Å². The normalized spacial score (nSPS) is 28.4. The summed E-state index contributed by atoms with van der Waals surface area (Å²) in [4.78, 5) is 12.4. The minimum atomic E-state index is -0.331. The highest BCUT2D eigenvalue weighted by atomic mass is 16.5. The number of allylic oxidation sites excluding steroid dienone is 1. The van der Waals surface area contributed by atoms with E-state index in [1.54, 1.807) is 18.3 Å². The molecule has 0 unspecified atom stereocenters. The monoisotopic (exact) mass is 389 g/mol. The molecule has 2 aromatic rings. The number of oxime groups is 1. The van der Waals surface area contributed by atoms with Gasteiger partial charge in [-0.15, -0.1) is 11.7 Å². The van der Waals surface area contributed by atoms with Gasteiger partial charge in [-0.1, -0.05) is 37.3 Å². The summed E-state index contributed by atoms with van der Waals surface area (Å²) in [7, 11) is 0. The fourth-order valence-corrected chi connectivity index (χ4v) is 5.37. The van der Waals surface area contributed by atoms with Crippen molar-refractivity contribution in [2.45, 2.75) is 38.5 Å². The third kappa shape index (κ3) is 3.59. The van der Waals surface area contributed by atoms with E-state index in [4.69, 9.17) is 9.94 Å². The Morgan fingerprint density at radius 2 is 2.03 bits per heavy atom. The van der Waals surface area contributed by atoms with Gasteiger partial charge in [0, 0.05) is 5.41 Å². The summed E-state index contributed by atoms with van der Waals surface area (Å²) in [6, 6.07) is 15.1. The highest BCUT2D eigenvalue weighted by molar-refractivity contribution is 5.91. The highest BCUT2D eigenvalue weighted by Crippen LogP contribution is 2.54. The Hall–Kier alpha value is -2.88. The van der Waals surface area contributed by atoms with E-state index in [9.17, 15) is 4.79 Å². The van der Waals surface area contributed by atoms with E-state index in [-0.39, 0.29) is 17.3 Å². The highest BCUT2D eigenvalue weighted by Gasteiger charge is 2.46. The smallest absolute Gasteiger partial charge is 0.343 e. The zero-order valence-corrected chi connectivity index (χ0v) is 16.8.